The second kappa shape index (κ2) is 5.89. The second-order valence-electron chi connectivity index (χ2n) is 4.97. The maximum absolute atomic E-state index is 12.1. The highest BCUT2D eigenvalue weighted by Gasteiger charge is 2.21. The van der Waals surface area contributed by atoms with Gasteiger partial charge >= 0.3 is 0 Å². The summed E-state index contributed by atoms with van der Waals surface area (Å²) in [7, 11) is 1.51. The Morgan fingerprint density at radius 3 is 2.83 bits per heavy atom. The third kappa shape index (κ3) is 3.25. The van der Waals surface area contributed by atoms with Crippen molar-refractivity contribution in [2.45, 2.75) is 38.5 Å². The summed E-state index contributed by atoms with van der Waals surface area (Å²) in [5, 5.41) is 9.75. The number of aromatic hydroxyl groups is 1. The van der Waals surface area contributed by atoms with Crippen molar-refractivity contribution in [1.82, 2.24) is 0 Å². The fourth-order valence-corrected chi connectivity index (χ4v) is 2.22. The molecule has 2 rings (SSSR count). The lowest BCUT2D eigenvalue weighted by atomic mass is 10.0. The van der Waals surface area contributed by atoms with Crippen molar-refractivity contribution in [2.75, 3.05) is 7.11 Å². The third-order valence-corrected chi connectivity index (χ3v) is 3.47. The molecule has 0 aromatic heterocycles. The summed E-state index contributed by atoms with van der Waals surface area (Å²) in [6, 6.07) is 4.91. The molecule has 1 fully saturated rings. The first-order chi connectivity index (χ1) is 8.72. The van der Waals surface area contributed by atoms with E-state index in [0.29, 0.717) is 17.7 Å². The molecule has 1 N–H and O–H groups in total. The lowest BCUT2D eigenvalue weighted by Gasteiger charge is -2.09. The van der Waals surface area contributed by atoms with Gasteiger partial charge in [-0.15, -0.1) is 0 Å². The van der Waals surface area contributed by atoms with Gasteiger partial charge in [0.15, 0.2) is 5.78 Å². The van der Waals surface area contributed by atoms with Crippen molar-refractivity contribution >= 4 is 5.78 Å². The molecule has 0 radical (unpaired) electrons. The molecule has 0 aliphatic heterocycles. The molecule has 1 aromatic carbocycles. The Morgan fingerprint density at radius 2 is 2.17 bits per heavy atom. The number of Topliss-reactive ketones (excluding diaryl/α,β-unsaturated/α-hetero) is 1. The van der Waals surface area contributed by atoms with E-state index in [4.69, 9.17) is 4.74 Å². The summed E-state index contributed by atoms with van der Waals surface area (Å²) in [5.74, 6) is 1.37. The summed E-state index contributed by atoms with van der Waals surface area (Å²) in [4.78, 5) is 12.1. The van der Waals surface area contributed by atoms with Gasteiger partial charge in [-0.1, -0.05) is 31.7 Å². The zero-order valence-electron chi connectivity index (χ0n) is 10.8. The van der Waals surface area contributed by atoms with E-state index in [1.807, 2.05) is 0 Å². The monoisotopic (exact) mass is 248 g/mol. The smallest absolute Gasteiger partial charge is 0.170 e. The van der Waals surface area contributed by atoms with Crippen LogP contribution in [0.3, 0.4) is 0 Å². The molecule has 1 saturated carbocycles. The largest absolute Gasteiger partial charge is 0.507 e. The van der Waals surface area contributed by atoms with Gasteiger partial charge in [0.1, 0.15) is 17.1 Å². The van der Waals surface area contributed by atoms with Crippen LogP contribution >= 0.6 is 0 Å². The van der Waals surface area contributed by atoms with Gasteiger partial charge in [0.05, 0.1) is 7.11 Å². The molecular weight excluding hydrogens is 228 g/mol. The van der Waals surface area contributed by atoms with Crippen LogP contribution in [-0.4, -0.2) is 18.0 Å². The average molecular weight is 248 g/mol. The van der Waals surface area contributed by atoms with Gasteiger partial charge in [-0.25, -0.2) is 0 Å². The number of benzene rings is 1. The lowest BCUT2D eigenvalue weighted by molar-refractivity contribution is 0.0973. The number of ketones is 1. The highest BCUT2D eigenvalue weighted by molar-refractivity contribution is 6.01. The van der Waals surface area contributed by atoms with Crippen LogP contribution in [-0.2, 0) is 0 Å². The average Bonchev–Trinajstić information content (AvgIpc) is 3.18. The van der Waals surface area contributed by atoms with Crippen LogP contribution in [0.25, 0.3) is 0 Å². The third-order valence-electron chi connectivity index (χ3n) is 3.47. The Kier molecular flexibility index (Phi) is 4.24. The van der Waals surface area contributed by atoms with Crippen molar-refractivity contribution < 1.29 is 14.6 Å². The molecule has 18 heavy (non-hydrogen) atoms. The van der Waals surface area contributed by atoms with Crippen LogP contribution in [0.4, 0.5) is 0 Å². The van der Waals surface area contributed by atoms with Gasteiger partial charge < -0.3 is 9.84 Å². The standard InChI is InChI=1S/C15H20O3/c1-18-14-8-4-7-13(17)15(14)12(16)6-3-2-5-11-9-10-11/h4,7-8,11,17H,2-3,5-6,9-10H2,1H3. The first kappa shape index (κ1) is 12.9. The van der Waals surface area contributed by atoms with Crippen molar-refractivity contribution in [3.05, 3.63) is 23.8 Å². The van der Waals surface area contributed by atoms with E-state index in [1.165, 1.54) is 32.4 Å². The molecule has 1 aliphatic rings. The van der Waals surface area contributed by atoms with E-state index in [0.717, 1.165) is 18.8 Å². The molecule has 0 atom stereocenters. The van der Waals surface area contributed by atoms with Gasteiger partial charge in [-0.2, -0.15) is 0 Å². The fourth-order valence-electron chi connectivity index (χ4n) is 2.22. The zero-order chi connectivity index (χ0) is 13.0. The number of methoxy groups -OCH3 is 1. The molecule has 0 amide bonds. The van der Waals surface area contributed by atoms with Gasteiger partial charge in [0, 0.05) is 6.42 Å². The molecule has 0 spiro atoms. The van der Waals surface area contributed by atoms with Gasteiger partial charge in [0.25, 0.3) is 0 Å². The van der Waals surface area contributed by atoms with Crippen molar-refractivity contribution in [1.29, 1.82) is 0 Å². The number of ether oxygens (including phenoxy) is 1. The van der Waals surface area contributed by atoms with E-state index in [1.54, 1.807) is 12.1 Å². The van der Waals surface area contributed by atoms with Crippen LogP contribution in [0, 0.1) is 5.92 Å². The van der Waals surface area contributed by atoms with Gasteiger partial charge in [-0.05, 0) is 24.5 Å². The van der Waals surface area contributed by atoms with Crippen LogP contribution < -0.4 is 4.74 Å². The SMILES string of the molecule is COc1cccc(O)c1C(=O)CCCCC1CC1. The lowest BCUT2D eigenvalue weighted by Crippen LogP contribution is -2.02. The number of unbranched alkanes of at least 4 members (excludes halogenated alkanes) is 1. The second-order valence-corrected chi connectivity index (χ2v) is 4.97. The van der Waals surface area contributed by atoms with Crippen molar-refractivity contribution in [2.24, 2.45) is 5.92 Å². The number of phenols is 1. The van der Waals surface area contributed by atoms with E-state index in [-0.39, 0.29) is 11.5 Å². The quantitative estimate of drug-likeness (QED) is 0.593. The Labute approximate surface area is 108 Å². The predicted molar refractivity (Wildman–Crippen MR) is 70.2 cm³/mol. The minimum absolute atomic E-state index is 0.0153. The molecule has 1 aliphatic carbocycles. The number of hydrogen-bond acceptors (Lipinski definition) is 3. The van der Waals surface area contributed by atoms with E-state index in [9.17, 15) is 9.90 Å². The number of carbonyl (C=O) groups excluding carboxylic acids is 1. The molecule has 0 unspecified atom stereocenters. The Hall–Kier alpha value is -1.51. The van der Waals surface area contributed by atoms with E-state index in [2.05, 4.69) is 0 Å². The maximum atomic E-state index is 12.1. The Morgan fingerprint density at radius 1 is 1.39 bits per heavy atom. The van der Waals surface area contributed by atoms with Crippen LogP contribution in [0.1, 0.15) is 48.9 Å². The molecule has 98 valence electrons. The molecule has 3 nitrogen and oxygen atoms in total. The van der Waals surface area contributed by atoms with Crippen molar-refractivity contribution in [3.63, 3.8) is 0 Å². The van der Waals surface area contributed by atoms with Crippen LogP contribution in [0.15, 0.2) is 18.2 Å². The molecule has 0 saturated heterocycles. The molecular formula is C15H20O3. The summed E-state index contributed by atoms with van der Waals surface area (Å²) >= 11 is 0. The van der Waals surface area contributed by atoms with E-state index < -0.39 is 0 Å². The Bertz CT molecular complexity index is 422. The minimum atomic E-state index is -0.0271. The van der Waals surface area contributed by atoms with Crippen LogP contribution in [0.5, 0.6) is 11.5 Å². The molecule has 0 heterocycles. The summed E-state index contributed by atoms with van der Waals surface area (Å²) in [5.41, 5.74) is 0.325. The molecule has 1 aromatic rings. The van der Waals surface area contributed by atoms with E-state index >= 15 is 0 Å². The number of carbonyl (C=O) groups is 1. The van der Waals surface area contributed by atoms with Crippen molar-refractivity contribution in [3.8, 4) is 11.5 Å². The van der Waals surface area contributed by atoms with Gasteiger partial charge in [0.2, 0.25) is 0 Å². The first-order valence-corrected chi connectivity index (χ1v) is 6.61. The first-order valence-electron chi connectivity index (χ1n) is 6.61. The highest BCUT2D eigenvalue weighted by atomic mass is 16.5. The topological polar surface area (TPSA) is 46.5 Å². The number of rotatable bonds is 7. The minimum Gasteiger partial charge on any atom is -0.507 e. The summed E-state index contributed by atoms with van der Waals surface area (Å²) in [6.45, 7) is 0. The maximum Gasteiger partial charge on any atom is 0.170 e. The van der Waals surface area contributed by atoms with Crippen LogP contribution in [0.2, 0.25) is 0 Å². The highest BCUT2D eigenvalue weighted by Crippen LogP contribution is 2.34. The number of hydrogen-bond donors (Lipinski definition) is 1. The number of phenolic OH excluding ortho intramolecular Hbond substituents is 1. The zero-order valence-corrected chi connectivity index (χ0v) is 10.8. The summed E-state index contributed by atoms with van der Waals surface area (Å²) < 4.78 is 5.12. The Balaban J connectivity index is 1.90. The fraction of sp³-hybridized carbons (Fsp3) is 0.533. The molecule has 3 heteroatoms. The van der Waals surface area contributed by atoms with Gasteiger partial charge in [-0.3, -0.25) is 4.79 Å². The summed E-state index contributed by atoms with van der Waals surface area (Å²) in [6.07, 6.45) is 6.45. The normalized spacial score (nSPS) is 14.5. The predicted octanol–water partition coefficient (Wildman–Crippen LogP) is 3.55. The molecule has 0 bridgehead atoms.